The third-order valence-corrected chi connectivity index (χ3v) is 8.27. The van der Waals surface area contributed by atoms with Gasteiger partial charge in [-0.25, -0.2) is 13.4 Å². The Morgan fingerprint density at radius 1 is 1.06 bits per heavy atom. The van der Waals surface area contributed by atoms with Crippen LogP contribution in [0.3, 0.4) is 0 Å². The highest BCUT2D eigenvalue weighted by Gasteiger charge is 2.43. The van der Waals surface area contributed by atoms with Gasteiger partial charge < -0.3 is 9.64 Å². The molecule has 1 fully saturated rings. The first-order valence-corrected chi connectivity index (χ1v) is 12.9. The molecule has 2 aromatic carbocycles. The zero-order valence-corrected chi connectivity index (χ0v) is 20.1. The highest BCUT2D eigenvalue weighted by Crippen LogP contribution is 2.36. The van der Waals surface area contributed by atoms with E-state index < -0.39 is 16.2 Å². The predicted molar refractivity (Wildman–Crippen MR) is 127 cm³/mol. The number of thioether (sulfide) groups is 1. The van der Waals surface area contributed by atoms with E-state index in [9.17, 15) is 13.2 Å². The van der Waals surface area contributed by atoms with Crippen LogP contribution in [0.1, 0.15) is 17.3 Å². The minimum atomic E-state index is -3.81. The fourth-order valence-electron chi connectivity index (χ4n) is 3.74. The fraction of sp³-hybridized carbons (Fsp3) is 0.250. The lowest BCUT2D eigenvalue weighted by Gasteiger charge is -2.30. The molecule has 172 valence electrons. The van der Waals surface area contributed by atoms with Gasteiger partial charge in [0.25, 0.3) is 0 Å². The summed E-state index contributed by atoms with van der Waals surface area (Å²) >= 11 is 1.34. The second-order valence-electron chi connectivity index (χ2n) is 7.62. The number of hydrogen-bond acceptors (Lipinski definition) is 6. The minimum Gasteiger partial charge on any atom is -0.497 e. The summed E-state index contributed by atoms with van der Waals surface area (Å²) in [7, 11) is -2.24. The summed E-state index contributed by atoms with van der Waals surface area (Å²) in [5.41, 5.74) is 1.69. The number of benzene rings is 2. The number of hydrogen-bond donors (Lipinski definition) is 0. The van der Waals surface area contributed by atoms with Gasteiger partial charge in [0.2, 0.25) is 15.9 Å². The van der Waals surface area contributed by atoms with Crippen molar-refractivity contribution in [1.82, 2.24) is 14.2 Å². The highest BCUT2D eigenvalue weighted by atomic mass is 32.2. The van der Waals surface area contributed by atoms with E-state index in [1.165, 1.54) is 16.1 Å². The molecule has 0 spiro atoms. The van der Waals surface area contributed by atoms with E-state index in [0.717, 1.165) is 10.6 Å². The molecule has 0 N–H and O–H groups in total. The van der Waals surface area contributed by atoms with Crippen molar-refractivity contribution in [2.75, 3.05) is 26.0 Å². The Hall–Kier alpha value is -2.88. The van der Waals surface area contributed by atoms with Gasteiger partial charge in [0.1, 0.15) is 11.9 Å². The lowest BCUT2D eigenvalue weighted by atomic mass is 10.1. The smallest absolute Gasteiger partial charge is 0.245 e. The maximum atomic E-state index is 13.5. The molecule has 1 aromatic heterocycles. The second kappa shape index (κ2) is 9.94. The Bertz CT molecular complexity index is 1200. The summed E-state index contributed by atoms with van der Waals surface area (Å²) < 4.78 is 33.7. The molecule has 1 aliphatic rings. The van der Waals surface area contributed by atoms with Gasteiger partial charge >= 0.3 is 0 Å². The quantitative estimate of drug-likeness (QED) is 0.477. The molecule has 0 saturated carbocycles. The Balaban J connectivity index is 1.65. The minimum absolute atomic E-state index is 0.145. The Morgan fingerprint density at radius 3 is 2.42 bits per heavy atom. The van der Waals surface area contributed by atoms with Gasteiger partial charge in [0.15, 0.2) is 0 Å². The van der Waals surface area contributed by atoms with Crippen molar-refractivity contribution in [3.05, 3.63) is 84.1 Å². The van der Waals surface area contributed by atoms with Crippen molar-refractivity contribution in [3.63, 3.8) is 0 Å². The number of carbonyl (C=O) groups excluding carboxylic acids is 1. The van der Waals surface area contributed by atoms with Gasteiger partial charge in [-0.15, -0.1) is 0 Å². The standard InChI is InChI=1S/C24H25N3O4S2/c1-18-6-12-21(13-7-18)33(29,30)27-16-15-26(23(28)17-32-22-5-3-4-14-25-22)24(27)19-8-10-20(31-2)11-9-19/h3-14,24H,15-17H2,1-2H3/t24-/m0/s1. The Morgan fingerprint density at radius 2 is 1.79 bits per heavy atom. The molecule has 1 amide bonds. The van der Waals surface area contributed by atoms with Crippen LogP contribution in [0, 0.1) is 6.92 Å². The normalized spacial score (nSPS) is 16.7. The van der Waals surface area contributed by atoms with Gasteiger partial charge in [0.05, 0.1) is 22.8 Å². The molecule has 7 nitrogen and oxygen atoms in total. The third kappa shape index (κ3) is 5.05. The summed E-state index contributed by atoms with van der Waals surface area (Å²) in [6.07, 6.45) is 0.942. The molecular weight excluding hydrogens is 458 g/mol. The van der Waals surface area contributed by atoms with E-state index in [1.54, 1.807) is 66.7 Å². The van der Waals surface area contributed by atoms with E-state index >= 15 is 0 Å². The van der Waals surface area contributed by atoms with Crippen LogP contribution in [0.15, 0.2) is 82.8 Å². The second-order valence-corrected chi connectivity index (χ2v) is 10.5. The molecule has 2 heterocycles. The van der Waals surface area contributed by atoms with E-state index in [0.29, 0.717) is 17.9 Å². The first-order valence-electron chi connectivity index (χ1n) is 10.5. The maximum absolute atomic E-state index is 13.5. The van der Waals surface area contributed by atoms with Crippen LogP contribution in [-0.4, -0.2) is 54.5 Å². The number of methoxy groups -OCH3 is 1. The zero-order valence-electron chi connectivity index (χ0n) is 18.4. The van der Waals surface area contributed by atoms with Gasteiger partial charge in [-0.3, -0.25) is 4.79 Å². The van der Waals surface area contributed by atoms with Crippen molar-refractivity contribution in [2.24, 2.45) is 0 Å². The molecule has 3 aromatic rings. The largest absolute Gasteiger partial charge is 0.497 e. The number of rotatable bonds is 7. The summed E-state index contributed by atoms with van der Waals surface area (Å²) in [5, 5.41) is 0.746. The SMILES string of the molecule is COc1ccc([C@H]2N(C(=O)CSc3ccccn3)CCN2S(=O)(=O)c2ccc(C)cc2)cc1. The number of aromatic nitrogens is 1. The summed E-state index contributed by atoms with van der Waals surface area (Å²) in [6, 6.07) is 19.5. The number of aryl methyl sites for hydroxylation is 1. The van der Waals surface area contributed by atoms with Crippen LogP contribution in [0.2, 0.25) is 0 Å². The van der Waals surface area contributed by atoms with Gasteiger partial charge in [-0.05, 0) is 48.9 Å². The molecule has 33 heavy (non-hydrogen) atoms. The van der Waals surface area contributed by atoms with E-state index in [1.807, 2.05) is 25.1 Å². The van der Waals surface area contributed by atoms with Crippen LogP contribution < -0.4 is 4.74 Å². The Kier molecular flexibility index (Phi) is 7.02. The fourth-order valence-corrected chi connectivity index (χ4v) is 6.06. The first kappa shape index (κ1) is 23.3. The van der Waals surface area contributed by atoms with Crippen LogP contribution in [-0.2, 0) is 14.8 Å². The van der Waals surface area contributed by atoms with Crippen molar-refractivity contribution in [2.45, 2.75) is 23.0 Å². The Labute approximate surface area is 198 Å². The number of sulfonamides is 1. The summed E-state index contributed by atoms with van der Waals surface area (Å²) in [6.45, 7) is 2.43. The summed E-state index contributed by atoms with van der Waals surface area (Å²) in [4.78, 5) is 19.3. The van der Waals surface area contributed by atoms with Crippen molar-refractivity contribution in [3.8, 4) is 5.75 Å². The number of amides is 1. The molecule has 0 aliphatic carbocycles. The van der Waals surface area contributed by atoms with Crippen molar-refractivity contribution in [1.29, 1.82) is 0 Å². The molecule has 0 radical (unpaired) electrons. The third-order valence-electron chi connectivity index (χ3n) is 5.47. The van der Waals surface area contributed by atoms with E-state index in [2.05, 4.69) is 4.98 Å². The van der Waals surface area contributed by atoms with Crippen molar-refractivity contribution >= 4 is 27.7 Å². The first-order chi connectivity index (χ1) is 15.9. The molecular formula is C24H25N3O4S2. The maximum Gasteiger partial charge on any atom is 0.245 e. The van der Waals surface area contributed by atoms with Crippen LogP contribution >= 0.6 is 11.8 Å². The number of ether oxygens (including phenoxy) is 1. The average Bonchev–Trinajstić information content (AvgIpc) is 3.30. The van der Waals surface area contributed by atoms with E-state index in [4.69, 9.17) is 4.74 Å². The number of pyridine rings is 1. The van der Waals surface area contributed by atoms with Crippen LogP contribution in [0.25, 0.3) is 0 Å². The van der Waals surface area contributed by atoms with Gasteiger partial charge in [0, 0.05) is 19.3 Å². The topological polar surface area (TPSA) is 79.8 Å². The van der Waals surface area contributed by atoms with E-state index in [-0.39, 0.29) is 23.1 Å². The summed E-state index contributed by atoms with van der Waals surface area (Å²) in [5.74, 6) is 0.684. The van der Waals surface area contributed by atoms with Gasteiger partial charge in [-0.2, -0.15) is 4.31 Å². The van der Waals surface area contributed by atoms with Gasteiger partial charge in [-0.1, -0.05) is 47.7 Å². The average molecular weight is 484 g/mol. The molecule has 0 unspecified atom stereocenters. The van der Waals surface area contributed by atoms with Crippen molar-refractivity contribution < 1.29 is 17.9 Å². The monoisotopic (exact) mass is 483 g/mol. The predicted octanol–water partition coefficient (Wildman–Crippen LogP) is 3.72. The molecule has 0 bridgehead atoms. The highest BCUT2D eigenvalue weighted by molar-refractivity contribution is 7.99. The molecule has 9 heteroatoms. The van der Waals surface area contributed by atoms with Crippen LogP contribution in [0.4, 0.5) is 0 Å². The molecule has 1 saturated heterocycles. The zero-order chi connectivity index (χ0) is 23.4. The molecule has 1 aliphatic heterocycles. The number of carbonyl (C=O) groups is 1. The lowest BCUT2D eigenvalue weighted by molar-refractivity contribution is -0.130. The molecule has 1 atom stereocenters. The lowest BCUT2D eigenvalue weighted by Crippen LogP contribution is -2.38. The van der Waals surface area contributed by atoms with Crippen LogP contribution in [0.5, 0.6) is 5.75 Å². The number of nitrogens with zero attached hydrogens (tertiary/aromatic N) is 3. The molecule has 4 rings (SSSR count).